The second-order valence-corrected chi connectivity index (χ2v) is 7.32. The van der Waals surface area contributed by atoms with Gasteiger partial charge in [-0.2, -0.15) is 0 Å². The number of carboxylic acid groups (broad SMARTS) is 1. The van der Waals surface area contributed by atoms with Crippen molar-refractivity contribution in [3.63, 3.8) is 0 Å². The molecule has 24 heavy (non-hydrogen) atoms. The lowest BCUT2D eigenvalue weighted by Gasteiger charge is -2.32. The molecule has 3 heteroatoms. The highest BCUT2D eigenvalue weighted by Crippen LogP contribution is 2.40. The summed E-state index contributed by atoms with van der Waals surface area (Å²) in [6.45, 7) is 12.3. The molecule has 3 nitrogen and oxygen atoms in total. The third kappa shape index (κ3) is 6.31. The lowest BCUT2D eigenvalue weighted by Crippen LogP contribution is -2.19. The third-order valence-corrected chi connectivity index (χ3v) is 4.51. The van der Waals surface area contributed by atoms with Crippen molar-refractivity contribution >= 4 is 11.7 Å². The molecule has 0 heterocycles. The molecular formula is C21H31NO2. The normalized spacial score (nSPS) is 20.9. The Hall–Kier alpha value is -1.90. The van der Waals surface area contributed by atoms with Crippen LogP contribution in [0, 0.1) is 5.41 Å². The number of carbonyl (C=O) groups is 1. The third-order valence-electron chi connectivity index (χ3n) is 4.51. The van der Waals surface area contributed by atoms with Crippen molar-refractivity contribution in [3.8, 4) is 0 Å². The van der Waals surface area contributed by atoms with E-state index in [2.05, 4.69) is 44.8 Å². The lowest BCUT2D eigenvalue weighted by molar-refractivity contribution is -0.137. The van der Waals surface area contributed by atoms with Crippen LogP contribution in [-0.2, 0) is 4.79 Å². The Labute approximate surface area is 146 Å². The first-order valence-electron chi connectivity index (χ1n) is 8.64. The van der Waals surface area contributed by atoms with Crippen molar-refractivity contribution in [2.75, 3.05) is 0 Å². The fourth-order valence-electron chi connectivity index (χ4n) is 3.02. The van der Waals surface area contributed by atoms with Crippen LogP contribution in [0.4, 0.5) is 0 Å². The molecule has 0 fully saturated rings. The summed E-state index contributed by atoms with van der Waals surface area (Å²) >= 11 is 0. The van der Waals surface area contributed by atoms with Crippen molar-refractivity contribution in [3.05, 3.63) is 47.1 Å². The Morgan fingerprint density at radius 1 is 1.29 bits per heavy atom. The van der Waals surface area contributed by atoms with Crippen LogP contribution in [0.25, 0.3) is 0 Å². The summed E-state index contributed by atoms with van der Waals surface area (Å²) in [5.74, 6) is -0.906. The fourth-order valence-corrected chi connectivity index (χ4v) is 3.02. The van der Waals surface area contributed by atoms with Gasteiger partial charge in [0.15, 0.2) is 0 Å². The van der Waals surface area contributed by atoms with Gasteiger partial charge < -0.3 is 5.11 Å². The van der Waals surface area contributed by atoms with E-state index in [0.717, 1.165) is 5.57 Å². The average Bonchev–Trinajstić information content (AvgIpc) is 2.45. The smallest absolute Gasteiger partial charge is 0.328 e. The molecule has 1 atom stereocenters. The zero-order valence-corrected chi connectivity index (χ0v) is 15.9. The van der Waals surface area contributed by atoms with Gasteiger partial charge in [0, 0.05) is 5.71 Å². The maximum Gasteiger partial charge on any atom is 0.328 e. The fraction of sp³-hybridized carbons (Fsp3) is 0.524. The molecule has 132 valence electrons. The molecule has 0 saturated carbocycles. The van der Waals surface area contributed by atoms with Crippen LogP contribution in [0.2, 0.25) is 0 Å². The summed E-state index contributed by atoms with van der Waals surface area (Å²) < 4.78 is 0. The topological polar surface area (TPSA) is 49.7 Å². The molecule has 1 N–H and O–H groups in total. The first kappa shape index (κ1) is 20.1. The number of allylic oxidation sites excluding steroid dienone is 8. The number of hydrogen-bond donors (Lipinski definition) is 1. The molecule has 1 aliphatic carbocycles. The van der Waals surface area contributed by atoms with Crippen molar-refractivity contribution < 1.29 is 9.90 Å². The average molecular weight is 329 g/mol. The predicted molar refractivity (Wildman–Crippen MR) is 103 cm³/mol. The molecule has 0 aromatic rings. The first-order chi connectivity index (χ1) is 11.1. The number of nitrogens with zero attached hydrogens (tertiary/aromatic N) is 1. The van der Waals surface area contributed by atoms with Crippen molar-refractivity contribution in [1.82, 2.24) is 0 Å². The lowest BCUT2D eigenvalue weighted by atomic mass is 9.72. The van der Waals surface area contributed by atoms with Gasteiger partial charge in [0.05, 0.1) is 0 Å². The summed E-state index contributed by atoms with van der Waals surface area (Å²) in [6.07, 6.45) is 13.9. The minimum atomic E-state index is -0.906. The monoisotopic (exact) mass is 329 g/mol. The maximum atomic E-state index is 10.8. The van der Waals surface area contributed by atoms with Gasteiger partial charge in [0.2, 0.25) is 0 Å². The van der Waals surface area contributed by atoms with Gasteiger partial charge in [-0.3, -0.25) is 4.99 Å². The van der Waals surface area contributed by atoms with E-state index in [1.165, 1.54) is 30.4 Å². The van der Waals surface area contributed by atoms with E-state index < -0.39 is 12.0 Å². The Morgan fingerprint density at radius 2 is 1.96 bits per heavy atom. The predicted octanol–water partition coefficient (Wildman–Crippen LogP) is 5.51. The van der Waals surface area contributed by atoms with Crippen LogP contribution in [-0.4, -0.2) is 22.8 Å². The molecule has 1 rings (SSSR count). The second kappa shape index (κ2) is 8.81. The summed E-state index contributed by atoms with van der Waals surface area (Å²) in [4.78, 5) is 14.9. The highest BCUT2D eigenvalue weighted by atomic mass is 16.4. The standard InChI is InChI=1S/C21H31NO2/c1-15(9-7-11-17(3)22-18(4)20(23)24)12-13-19-16(2)10-8-14-21(19,5)6/h7,9,11-13,18H,8,10,14H2,1-6H3,(H,23,24)/t18-/m0/s1. The van der Waals surface area contributed by atoms with Crippen LogP contribution >= 0.6 is 0 Å². The van der Waals surface area contributed by atoms with Gasteiger partial charge in [-0.15, -0.1) is 0 Å². The van der Waals surface area contributed by atoms with Crippen molar-refractivity contribution in [2.45, 2.75) is 66.8 Å². The van der Waals surface area contributed by atoms with Gasteiger partial charge in [0.1, 0.15) is 6.04 Å². The Bertz CT molecular complexity index is 616. The van der Waals surface area contributed by atoms with E-state index in [0.29, 0.717) is 5.71 Å². The molecule has 0 aromatic carbocycles. The van der Waals surface area contributed by atoms with Crippen molar-refractivity contribution in [2.24, 2.45) is 10.4 Å². The van der Waals surface area contributed by atoms with Crippen LogP contribution in [0.15, 0.2) is 52.1 Å². The van der Waals surface area contributed by atoms with Crippen LogP contribution in [0.3, 0.4) is 0 Å². The van der Waals surface area contributed by atoms with Gasteiger partial charge in [-0.25, -0.2) is 4.79 Å². The summed E-state index contributed by atoms with van der Waals surface area (Å²) in [7, 11) is 0. The molecule has 0 spiro atoms. The summed E-state index contributed by atoms with van der Waals surface area (Å²) in [5, 5.41) is 8.85. The van der Waals surface area contributed by atoms with Gasteiger partial charge in [-0.05, 0) is 64.0 Å². The Kier molecular flexibility index (Phi) is 7.40. The zero-order valence-electron chi connectivity index (χ0n) is 15.9. The molecule has 0 saturated heterocycles. The summed E-state index contributed by atoms with van der Waals surface area (Å²) in [5.41, 5.74) is 5.08. The summed E-state index contributed by atoms with van der Waals surface area (Å²) in [6, 6.07) is -0.705. The minimum absolute atomic E-state index is 0.255. The number of aliphatic imine (C=N–C) groups is 1. The van der Waals surface area contributed by atoms with Gasteiger partial charge >= 0.3 is 5.97 Å². The zero-order chi connectivity index (χ0) is 18.3. The van der Waals surface area contributed by atoms with E-state index in [-0.39, 0.29) is 5.41 Å². The largest absolute Gasteiger partial charge is 0.480 e. The van der Waals surface area contributed by atoms with E-state index in [1.807, 2.05) is 25.2 Å². The molecule has 1 aliphatic rings. The molecular weight excluding hydrogens is 298 g/mol. The van der Waals surface area contributed by atoms with E-state index in [1.54, 1.807) is 6.92 Å². The van der Waals surface area contributed by atoms with Gasteiger partial charge in [0.25, 0.3) is 0 Å². The molecule has 0 aromatic heterocycles. The van der Waals surface area contributed by atoms with E-state index in [9.17, 15) is 4.79 Å². The number of aliphatic carboxylic acids is 1. The second-order valence-electron chi connectivity index (χ2n) is 7.32. The maximum absolute atomic E-state index is 10.8. The van der Waals surface area contributed by atoms with Crippen LogP contribution < -0.4 is 0 Å². The van der Waals surface area contributed by atoms with Crippen LogP contribution in [0.1, 0.15) is 60.8 Å². The van der Waals surface area contributed by atoms with E-state index >= 15 is 0 Å². The SMILES string of the molecule is CC(C=CC1=C(C)CCCC1(C)C)=CC=CC(C)=N[C@@H](C)C(=O)O. The highest BCUT2D eigenvalue weighted by Gasteiger charge is 2.26. The first-order valence-corrected chi connectivity index (χ1v) is 8.64. The van der Waals surface area contributed by atoms with E-state index in [4.69, 9.17) is 5.11 Å². The molecule has 0 bridgehead atoms. The number of rotatable bonds is 6. The van der Waals surface area contributed by atoms with Crippen molar-refractivity contribution in [1.29, 1.82) is 0 Å². The quantitative estimate of drug-likeness (QED) is 0.516. The molecule has 0 amide bonds. The Balaban J connectivity index is 2.77. The molecule has 0 unspecified atom stereocenters. The molecule has 0 radical (unpaired) electrons. The number of carboxylic acids is 1. The Morgan fingerprint density at radius 3 is 2.54 bits per heavy atom. The molecule has 0 aliphatic heterocycles. The number of hydrogen-bond acceptors (Lipinski definition) is 2. The van der Waals surface area contributed by atoms with Gasteiger partial charge in [-0.1, -0.05) is 49.3 Å². The minimum Gasteiger partial charge on any atom is -0.480 e. The van der Waals surface area contributed by atoms with Crippen LogP contribution in [0.5, 0.6) is 0 Å². The highest BCUT2D eigenvalue weighted by molar-refractivity contribution is 5.94.